The highest BCUT2D eigenvalue weighted by Crippen LogP contribution is 2.26. The van der Waals surface area contributed by atoms with Crippen molar-refractivity contribution in [1.82, 2.24) is 24.9 Å². The Labute approximate surface area is 164 Å². The van der Waals surface area contributed by atoms with Crippen LogP contribution in [0.15, 0.2) is 48.8 Å². The molecule has 0 bridgehead atoms. The minimum atomic E-state index is 0. The lowest BCUT2D eigenvalue weighted by Crippen LogP contribution is -2.36. The number of aromatic amines is 1. The zero-order chi connectivity index (χ0) is 18.9. The summed E-state index contributed by atoms with van der Waals surface area (Å²) in [5.74, 6) is 1.87. The van der Waals surface area contributed by atoms with Gasteiger partial charge in [-0.2, -0.15) is 0 Å². The third kappa shape index (κ3) is 3.03. The molecule has 1 fully saturated rings. The highest BCUT2D eigenvalue weighted by molar-refractivity contribution is 5.80. The number of para-hydroxylation sites is 2. The van der Waals surface area contributed by atoms with Gasteiger partial charge in [0, 0.05) is 27.7 Å². The van der Waals surface area contributed by atoms with Crippen LogP contribution in [0.3, 0.4) is 0 Å². The van der Waals surface area contributed by atoms with E-state index in [-0.39, 0.29) is 2.85 Å². The van der Waals surface area contributed by atoms with Crippen molar-refractivity contribution in [2.45, 2.75) is 0 Å². The number of imidazole rings is 1. The van der Waals surface area contributed by atoms with Crippen molar-refractivity contribution in [3.05, 3.63) is 48.8 Å². The number of nitrogens with one attached hydrogen (secondary N) is 1. The van der Waals surface area contributed by atoms with Crippen molar-refractivity contribution in [1.29, 1.82) is 0 Å². The maximum Gasteiger partial charge on any atom is 0.161 e. The molecular weight excluding hydrogens is 354 g/mol. The van der Waals surface area contributed by atoms with Crippen LogP contribution in [0.1, 0.15) is 2.85 Å². The third-order valence-electron chi connectivity index (χ3n) is 4.79. The molecule has 4 aromatic rings. The summed E-state index contributed by atoms with van der Waals surface area (Å²) in [5.41, 5.74) is 9.98. The molecule has 0 radical (unpaired) electrons. The average Bonchev–Trinajstić information content (AvgIpc) is 3.19. The maximum absolute atomic E-state index is 6.08. The second-order valence-electron chi connectivity index (χ2n) is 6.60. The van der Waals surface area contributed by atoms with Crippen molar-refractivity contribution >= 4 is 22.7 Å². The molecule has 1 aliphatic rings. The van der Waals surface area contributed by atoms with Gasteiger partial charge in [0.2, 0.25) is 0 Å². The van der Waals surface area contributed by atoms with Crippen LogP contribution in [-0.4, -0.2) is 51.2 Å². The lowest BCUT2D eigenvalue weighted by molar-refractivity contribution is 0.122. The summed E-state index contributed by atoms with van der Waals surface area (Å²) in [6, 6.07) is 11.8. The molecule has 8 nitrogen and oxygen atoms in total. The molecule has 0 atom stereocenters. The third-order valence-corrected chi connectivity index (χ3v) is 4.79. The smallest absolute Gasteiger partial charge is 0.161 e. The van der Waals surface area contributed by atoms with Gasteiger partial charge in [-0.25, -0.2) is 19.9 Å². The Morgan fingerprint density at radius 1 is 1.00 bits per heavy atom. The Morgan fingerprint density at radius 3 is 2.64 bits per heavy atom. The number of H-pyrrole nitrogens is 1. The van der Waals surface area contributed by atoms with E-state index in [9.17, 15) is 0 Å². The Balaban J connectivity index is 0.00000128. The predicted octanol–water partition coefficient (Wildman–Crippen LogP) is 2.99. The van der Waals surface area contributed by atoms with E-state index < -0.39 is 0 Å². The largest absolute Gasteiger partial charge is 0.382 e. The van der Waals surface area contributed by atoms with Gasteiger partial charge < -0.3 is 20.4 Å². The van der Waals surface area contributed by atoms with Crippen LogP contribution in [0.5, 0.6) is 0 Å². The molecule has 5 rings (SSSR count). The molecule has 3 aromatic heterocycles. The van der Waals surface area contributed by atoms with Crippen molar-refractivity contribution < 1.29 is 7.59 Å². The number of pyridine rings is 1. The fourth-order valence-corrected chi connectivity index (χ4v) is 3.29. The van der Waals surface area contributed by atoms with E-state index in [1.807, 2.05) is 42.6 Å². The van der Waals surface area contributed by atoms with Crippen LogP contribution in [0.25, 0.3) is 33.8 Å². The first kappa shape index (κ1) is 16.6. The van der Waals surface area contributed by atoms with Crippen LogP contribution in [0.4, 0.5) is 11.6 Å². The summed E-state index contributed by atoms with van der Waals surface area (Å²) in [6.45, 7) is 3.16. The Kier molecular flexibility index (Phi) is 4.10. The van der Waals surface area contributed by atoms with Gasteiger partial charge >= 0.3 is 0 Å². The highest BCUT2D eigenvalue weighted by atomic mass is 16.5. The second kappa shape index (κ2) is 6.90. The van der Waals surface area contributed by atoms with Gasteiger partial charge in [-0.1, -0.05) is 12.1 Å². The van der Waals surface area contributed by atoms with Crippen LogP contribution in [-0.2, 0) is 4.74 Å². The van der Waals surface area contributed by atoms with E-state index in [2.05, 4.69) is 24.8 Å². The number of hydrogen-bond acceptors (Lipinski definition) is 7. The normalized spacial score (nSPS) is 14.5. The van der Waals surface area contributed by atoms with E-state index >= 15 is 0 Å². The number of nitrogens with two attached hydrogens (primary N) is 1. The van der Waals surface area contributed by atoms with Gasteiger partial charge in [0.1, 0.15) is 11.5 Å². The van der Waals surface area contributed by atoms with Crippen LogP contribution < -0.4 is 10.6 Å². The van der Waals surface area contributed by atoms with E-state index in [1.54, 1.807) is 6.20 Å². The lowest BCUT2D eigenvalue weighted by Gasteiger charge is -2.27. The van der Waals surface area contributed by atoms with Crippen LogP contribution >= 0.6 is 0 Å². The van der Waals surface area contributed by atoms with Gasteiger partial charge in [0.15, 0.2) is 11.6 Å². The number of fused-ring (bicyclic) bond motifs is 1. The fourth-order valence-electron chi connectivity index (χ4n) is 3.29. The van der Waals surface area contributed by atoms with E-state index in [4.69, 9.17) is 15.5 Å². The first-order valence-corrected chi connectivity index (χ1v) is 9.15. The lowest BCUT2D eigenvalue weighted by atomic mass is 10.2. The molecule has 1 saturated heterocycles. The molecule has 1 aliphatic heterocycles. The molecule has 8 heteroatoms. The Hall–Kier alpha value is -3.52. The maximum atomic E-state index is 6.08. The topological polar surface area (TPSA) is 106 Å². The summed E-state index contributed by atoms with van der Waals surface area (Å²) in [5, 5.41) is 0. The summed E-state index contributed by atoms with van der Waals surface area (Å²) in [7, 11) is 0. The number of nitrogen functional groups attached to an aromatic ring is 1. The van der Waals surface area contributed by atoms with Gasteiger partial charge in [-0.15, -0.1) is 0 Å². The zero-order valence-electron chi connectivity index (χ0n) is 15.2. The first-order valence-electron chi connectivity index (χ1n) is 9.15. The van der Waals surface area contributed by atoms with Gasteiger partial charge in [0.25, 0.3) is 0 Å². The molecule has 4 heterocycles. The van der Waals surface area contributed by atoms with Gasteiger partial charge in [-0.05, 0) is 24.3 Å². The molecule has 0 aliphatic carbocycles. The number of nitrogens with zero attached hydrogens (tertiary/aromatic N) is 5. The number of aromatic nitrogens is 5. The number of morpholine rings is 1. The van der Waals surface area contributed by atoms with E-state index in [0.29, 0.717) is 23.0 Å². The molecular formula is C20H23N7O. The molecule has 144 valence electrons. The average molecular weight is 377 g/mol. The standard InChI is InChI=1S/C20H19N7O.2H2/c21-19-18(20-25-14-3-1-2-4-15(14)26-20)24-16(12-23-19)13-5-6-17(22-11-13)27-7-9-28-10-8-27;;/h1-6,11-12H,7-10H2,(H2,21,23)(H,25,26);2*1H. The molecule has 28 heavy (non-hydrogen) atoms. The van der Waals surface area contributed by atoms with E-state index in [1.165, 1.54) is 0 Å². The summed E-state index contributed by atoms with van der Waals surface area (Å²) in [4.78, 5) is 23.6. The van der Waals surface area contributed by atoms with Crippen molar-refractivity contribution in [2.75, 3.05) is 36.9 Å². The van der Waals surface area contributed by atoms with Crippen molar-refractivity contribution in [2.24, 2.45) is 0 Å². The second-order valence-corrected chi connectivity index (χ2v) is 6.60. The quantitative estimate of drug-likeness (QED) is 0.565. The summed E-state index contributed by atoms with van der Waals surface area (Å²) < 4.78 is 5.39. The molecule has 3 N–H and O–H groups in total. The summed E-state index contributed by atoms with van der Waals surface area (Å²) in [6.07, 6.45) is 3.47. The number of rotatable bonds is 3. The minimum absolute atomic E-state index is 0. The molecule has 0 unspecified atom stereocenters. The number of benzene rings is 1. The number of anilines is 2. The SMILES string of the molecule is Nc1ncc(-c2ccc(N3CCOCC3)nc2)nc1-c1nc2ccccc2[nH]1.[HH].[HH]. The highest BCUT2D eigenvalue weighted by Gasteiger charge is 2.15. The van der Waals surface area contributed by atoms with Crippen LogP contribution in [0.2, 0.25) is 0 Å². The number of hydrogen-bond donors (Lipinski definition) is 2. The number of ether oxygens (including phenoxy) is 1. The van der Waals surface area contributed by atoms with E-state index in [0.717, 1.165) is 48.7 Å². The van der Waals surface area contributed by atoms with Crippen molar-refractivity contribution in [3.8, 4) is 22.8 Å². The molecule has 1 aromatic carbocycles. The van der Waals surface area contributed by atoms with Crippen LogP contribution in [0, 0.1) is 0 Å². The van der Waals surface area contributed by atoms with Gasteiger partial charge in [-0.3, -0.25) is 0 Å². The molecule has 0 spiro atoms. The van der Waals surface area contributed by atoms with Crippen molar-refractivity contribution in [3.63, 3.8) is 0 Å². The first-order chi connectivity index (χ1) is 13.8. The van der Waals surface area contributed by atoms with Gasteiger partial charge in [0.05, 0.1) is 36.1 Å². The Morgan fingerprint density at radius 2 is 1.86 bits per heavy atom. The Bertz CT molecular complexity index is 1090. The monoisotopic (exact) mass is 377 g/mol. The molecule has 0 amide bonds. The fraction of sp³-hybridized carbons (Fsp3) is 0.200. The minimum Gasteiger partial charge on any atom is -0.382 e. The zero-order valence-corrected chi connectivity index (χ0v) is 15.2. The summed E-state index contributed by atoms with van der Waals surface area (Å²) >= 11 is 0. The predicted molar refractivity (Wildman–Crippen MR) is 112 cm³/mol. The molecule has 0 saturated carbocycles.